The molecule has 0 aliphatic carbocycles. The zero-order valence-electron chi connectivity index (χ0n) is 24.6. The number of furan rings is 1. The van der Waals surface area contributed by atoms with Gasteiger partial charge < -0.3 is 19.6 Å². The van der Waals surface area contributed by atoms with E-state index in [1.54, 1.807) is 6.07 Å². The molecular formula is C31H37N4O6PS. The lowest BCUT2D eigenvalue weighted by Crippen LogP contribution is -2.44. The number of carbonyl (C=O) groups is 2. The molecule has 0 aliphatic rings. The molecule has 0 aliphatic heterocycles. The Morgan fingerprint density at radius 1 is 0.860 bits per heavy atom. The van der Waals surface area contributed by atoms with Gasteiger partial charge in [0.25, 0.3) is 7.44 Å². The minimum Gasteiger partial charge on any atom is -0.460 e. The first-order chi connectivity index (χ1) is 20.5. The molecule has 2 aromatic carbocycles. The summed E-state index contributed by atoms with van der Waals surface area (Å²) in [7, 11) is -3.94. The van der Waals surface area contributed by atoms with Gasteiger partial charge in [0.1, 0.15) is 31.0 Å². The van der Waals surface area contributed by atoms with Crippen molar-refractivity contribution in [3.8, 4) is 11.5 Å². The molecule has 2 heterocycles. The Balaban J connectivity index is 1.55. The molecule has 0 spiro atoms. The van der Waals surface area contributed by atoms with Crippen LogP contribution in [0.3, 0.4) is 0 Å². The summed E-state index contributed by atoms with van der Waals surface area (Å²) in [4.78, 5) is 31.2. The highest BCUT2D eigenvalue weighted by Gasteiger charge is 2.36. The summed E-state index contributed by atoms with van der Waals surface area (Å²) < 4.78 is 31.5. The fourth-order valence-electron chi connectivity index (χ4n) is 4.22. The van der Waals surface area contributed by atoms with Gasteiger partial charge in [0.05, 0.1) is 0 Å². The van der Waals surface area contributed by atoms with E-state index in [2.05, 4.69) is 29.0 Å². The van der Waals surface area contributed by atoms with E-state index < -0.39 is 31.5 Å². The maximum Gasteiger partial charge on any atom is 0.323 e. The third-order valence-electron chi connectivity index (χ3n) is 6.35. The number of nitrogens with zero attached hydrogens (tertiary/aromatic N) is 1. The van der Waals surface area contributed by atoms with Gasteiger partial charge in [-0.2, -0.15) is 0 Å². The lowest BCUT2D eigenvalue weighted by molar-refractivity contribution is -0.147. The predicted octanol–water partition coefficient (Wildman–Crippen LogP) is 5.45. The number of anilines is 1. The second-order valence-electron chi connectivity index (χ2n) is 10.6. The molecule has 0 amide bonds. The highest BCUT2D eigenvalue weighted by molar-refractivity contribution is 7.67. The van der Waals surface area contributed by atoms with Crippen LogP contribution in [-0.4, -0.2) is 29.0 Å². The lowest BCUT2D eigenvalue weighted by Gasteiger charge is -2.25. The van der Waals surface area contributed by atoms with Crippen LogP contribution in [-0.2, 0) is 43.3 Å². The van der Waals surface area contributed by atoms with E-state index in [1.165, 1.54) is 31.3 Å². The number of nitrogen functional groups attached to an aromatic ring is 1. The molecule has 10 nitrogen and oxygen atoms in total. The second-order valence-corrected chi connectivity index (χ2v) is 13.8. The van der Waals surface area contributed by atoms with Crippen LogP contribution in [0.4, 0.5) is 5.13 Å². The quantitative estimate of drug-likeness (QED) is 0.122. The van der Waals surface area contributed by atoms with E-state index in [1.807, 2.05) is 60.7 Å². The highest BCUT2D eigenvalue weighted by Crippen LogP contribution is 2.40. The second kappa shape index (κ2) is 14.6. The molecule has 2 aromatic heterocycles. The van der Waals surface area contributed by atoms with Gasteiger partial charge in [-0.15, -0.1) is 11.3 Å². The third-order valence-corrected chi connectivity index (χ3v) is 9.62. The number of hydrogen-bond acceptors (Lipinski definition) is 9. The molecule has 0 radical (unpaired) electrons. The molecule has 4 N–H and O–H groups in total. The Morgan fingerprint density at radius 2 is 1.37 bits per heavy atom. The number of aromatic nitrogens is 1. The Hall–Kier alpha value is -3.76. The molecule has 12 heteroatoms. The van der Waals surface area contributed by atoms with Crippen molar-refractivity contribution in [3.63, 3.8) is 0 Å². The smallest absolute Gasteiger partial charge is 0.323 e. The van der Waals surface area contributed by atoms with Crippen molar-refractivity contribution in [2.45, 2.75) is 59.4 Å². The number of benzene rings is 2. The van der Waals surface area contributed by atoms with Crippen molar-refractivity contribution < 1.29 is 28.0 Å². The molecule has 0 unspecified atom stereocenters. The highest BCUT2D eigenvalue weighted by atomic mass is 32.1. The van der Waals surface area contributed by atoms with Gasteiger partial charge in [-0.05, 0) is 49.4 Å². The maximum absolute atomic E-state index is 14.5. The molecule has 0 fully saturated rings. The van der Waals surface area contributed by atoms with Crippen molar-refractivity contribution in [1.82, 2.24) is 15.2 Å². The van der Waals surface area contributed by atoms with E-state index in [0.717, 1.165) is 22.4 Å². The Morgan fingerprint density at radius 3 is 1.86 bits per heavy atom. The topological polar surface area (TPSA) is 146 Å². The van der Waals surface area contributed by atoms with Gasteiger partial charge in [-0.25, -0.2) is 15.2 Å². The van der Waals surface area contributed by atoms with E-state index >= 15 is 0 Å². The number of ether oxygens (including phenoxy) is 2. The van der Waals surface area contributed by atoms with Crippen LogP contribution in [0, 0.1) is 5.92 Å². The van der Waals surface area contributed by atoms with Crippen molar-refractivity contribution >= 4 is 41.4 Å². The molecule has 43 heavy (non-hydrogen) atoms. The molecule has 0 bridgehead atoms. The fourth-order valence-corrected chi connectivity index (χ4v) is 7.41. The average Bonchev–Trinajstić information content (AvgIpc) is 3.62. The summed E-state index contributed by atoms with van der Waals surface area (Å²) in [6.45, 7) is 7.36. The van der Waals surface area contributed by atoms with Gasteiger partial charge in [0.15, 0.2) is 16.4 Å². The summed E-state index contributed by atoms with van der Waals surface area (Å²) in [6, 6.07) is 19.6. The van der Waals surface area contributed by atoms with Gasteiger partial charge in [0.2, 0.25) is 0 Å². The summed E-state index contributed by atoms with van der Waals surface area (Å²) in [5.41, 5.74) is 8.22. The molecule has 4 rings (SSSR count). The van der Waals surface area contributed by atoms with Crippen LogP contribution in [0.25, 0.3) is 11.5 Å². The number of nitrogens with two attached hydrogens (primary N) is 1. The largest absolute Gasteiger partial charge is 0.460 e. The van der Waals surface area contributed by atoms with E-state index in [9.17, 15) is 14.2 Å². The number of esters is 2. The predicted molar refractivity (Wildman–Crippen MR) is 168 cm³/mol. The van der Waals surface area contributed by atoms with Crippen LogP contribution in [0.15, 0.2) is 77.2 Å². The fraction of sp³-hybridized carbons (Fsp3) is 0.323. The Kier molecular flexibility index (Phi) is 10.9. The van der Waals surface area contributed by atoms with Crippen molar-refractivity contribution in [1.29, 1.82) is 0 Å². The van der Waals surface area contributed by atoms with Crippen molar-refractivity contribution in [2.75, 3.05) is 5.73 Å². The Bertz CT molecular complexity index is 1490. The zero-order chi connectivity index (χ0) is 31.0. The van der Waals surface area contributed by atoms with Crippen LogP contribution >= 0.6 is 18.8 Å². The number of rotatable bonds is 14. The summed E-state index contributed by atoms with van der Waals surface area (Å²) in [6.07, 6.45) is 0.739. The van der Waals surface area contributed by atoms with Crippen molar-refractivity contribution in [3.05, 3.63) is 88.8 Å². The normalized spacial score (nSPS) is 13.0. The summed E-state index contributed by atoms with van der Waals surface area (Å²) in [5.74, 6) is -0.513. The minimum atomic E-state index is -3.94. The summed E-state index contributed by atoms with van der Waals surface area (Å²) in [5, 5.41) is 6.09. The number of hydrogen-bond donors (Lipinski definition) is 3. The maximum atomic E-state index is 14.5. The third kappa shape index (κ3) is 8.87. The van der Waals surface area contributed by atoms with Gasteiger partial charge >= 0.3 is 11.9 Å². The molecular weight excluding hydrogens is 587 g/mol. The van der Waals surface area contributed by atoms with Gasteiger partial charge in [0, 0.05) is 4.88 Å². The van der Waals surface area contributed by atoms with E-state index in [4.69, 9.17) is 19.6 Å². The lowest BCUT2D eigenvalue weighted by atomic mass is 10.1. The monoisotopic (exact) mass is 624 g/mol. The number of thiazole rings is 1. The molecule has 0 saturated carbocycles. The first kappa shape index (κ1) is 32.2. The first-order valence-corrected chi connectivity index (χ1v) is 16.5. The Labute approximate surface area is 255 Å². The number of carbonyl (C=O) groups excluding carboxylic acids is 2. The molecule has 2 atom stereocenters. The van der Waals surface area contributed by atoms with Gasteiger partial charge in [-0.1, -0.05) is 74.5 Å². The van der Waals surface area contributed by atoms with Crippen LogP contribution in [0.2, 0.25) is 0 Å². The molecule has 228 valence electrons. The van der Waals surface area contributed by atoms with Crippen LogP contribution in [0.1, 0.15) is 43.7 Å². The SMILES string of the molecule is CC(C)Cc1sc(N)nc1-c1ccc(P(=O)(N[C@@H](C)C(=O)OCc2ccccc2)N[C@@H](C)C(=O)OCc2ccccc2)o1. The zero-order valence-corrected chi connectivity index (χ0v) is 26.3. The van der Waals surface area contributed by atoms with Crippen LogP contribution < -0.4 is 21.4 Å². The average molecular weight is 625 g/mol. The molecule has 0 saturated heterocycles. The summed E-state index contributed by atoms with van der Waals surface area (Å²) >= 11 is 1.37. The molecule has 4 aromatic rings. The number of nitrogens with one attached hydrogen (secondary N) is 2. The van der Waals surface area contributed by atoms with Gasteiger partial charge in [-0.3, -0.25) is 14.2 Å². The van der Waals surface area contributed by atoms with Crippen molar-refractivity contribution in [2.24, 2.45) is 5.92 Å². The first-order valence-electron chi connectivity index (χ1n) is 14.0. The van der Waals surface area contributed by atoms with E-state index in [0.29, 0.717) is 22.5 Å². The standard InChI is InChI=1S/C31H37N4O6PS/c1-20(2)17-26-28(33-31(32)43-26)25-15-16-27(41-25)42(38,34-21(3)29(36)39-18-23-11-7-5-8-12-23)35-22(4)30(37)40-19-24-13-9-6-10-14-24/h5-16,20-22H,17-19H2,1-4H3,(H2,32,33)(H2,34,35,38)/t21-,22-/m0/s1. The van der Waals surface area contributed by atoms with Crippen LogP contribution in [0.5, 0.6) is 0 Å². The van der Waals surface area contributed by atoms with E-state index in [-0.39, 0.29) is 18.7 Å². The minimum absolute atomic E-state index is 0.00925.